The van der Waals surface area contributed by atoms with Crippen LogP contribution in [-0.2, 0) is 97.5 Å². The number of hydrogen-bond donors (Lipinski definition) is 9. The average Bonchev–Trinajstić information content (AvgIpc) is 1.61. The van der Waals surface area contributed by atoms with Gasteiger partial charge in [-0.25, -0.2) is 44.2 Å². The lowest BCUT2D eigenvalue weighted by Crippen LogP contribution is -2.61. The Hall–Kier alpha value is -11.5. The van der Waals surface area contributed by atoms with E-state index in [1.54, 1.807) is 46.5 Å². The van der Waals surface area contributed by atoms with Crippen LogP contribution in [0.5, 0.6) is 0 Å². The molecule has 0 unspecified atom stereocenters. The molecule has 734 valence electrons. The third-order valence-electron chi connectivity index (χ3n) is 26.6. The number of cyclic esters (lactones) is 1. The molecule has 7 aromatic rings. The first kappa shape index (κ1) is 102. The van der Waals surface area contributed by atoms with E-state index in [-0.39, 0.29) is 93.2 Å². The summed E-state index contributed by atoms with van der Waals surface area (Å²) in [6.07, 6.45) is 17.1. The molecule has 136 heavy (non-hydrogen) atoms. The SMILES string of the molecule is CO[C@H]1C[C@@H]2CC[C@@H](C)[C@@](O)(O2)C(=O)C(=O)N2CCCC[C@H]2C(=O)O[C@H]([C@H](N)C[C@@H]2CC[C@@H](OC(=O)NCc3cnc(N4CCN(c5ncc(C(=O)NCCOCCOCCOCCOCCC(=O)N6CCc7cc(Cn8nc(-c9cnc%10[nH]ccc%10c9)c9c(N)ncnc98)ccc7C6)c(N)n5)CC4)nc3)[C@H](OC)C2)CC(=O)[C@H](C)/C=C(\C)[C@@H](O)[C@@H](O)C(=O)[C@H](C)C[C@H](C)/C=C/C=CC=C1C. The Morgan fingerprint density at radius 3 is 2.17 bits per heavy atom. The summed E-state index contributed by atoms with van der Waals surface area (Å²) in [5.74, 6) is -8.64. The normalized spacial score (nSPS) is 26.0. The number of nitrogens with one attached hydrogen (secondary N) is 3. The van der Waals surface area contributed by atoms with Crippen molar-refractivity contribution >= 4 is 92.7 Å². The first-order chi connectivity index (χ1) is 65.5. The maximum absolute atomic E-state index is 14.7. The first-order valence-corrected chi connectivity index (χ1v) is 47.2. The Labute approximate surface area is 790 Å². The van der Waals surface area contributed by atoms with Gasteiger partial charge in [0, 0.05) is 157 Å². The van der Waals surface area contributed by atoms with Crippen LogP contribution in [-0.4, -0.2) is 295 Å². The lowest BCUT2D eigenvalue weighted by molar-refractivity contribution is -0.265. The number of benzene rings is 1. The number of methoxy groups -OCH3 is 2. The van der Waals surface area contributed by atoms with Crippen LogP contribution in [0.2, 0.25) is 0 Å². The number of aromatic nitrogens is 10. The van der Waals surface area contributed by atoms with Crippen molar-refractivity contribution in [3.05, 3.63) is 143 Å². The number of esters is 1. The number of ketones is 3. The van der Waals surface area contributed by atoms with E-state index < -0.39 is 126 Å². The fourth-order valence-electron chi connectivity index (χ4n) is 18.5. The predicted molar refractivity (Wildman–Crippen MR) is 503 cm³/mol. The minimum Gasteiger partial charge on any atom is -0.459 e. The van der Waals surface area contributed by atoms with Crippen molar-refractivity contribution < 1.29 is 96.3 Å². The number of piperidine rings is 1. The molecule has 0 radical (unpaired) electrons. The Kier molecular flexibility index (Phi) is 36.3. The van der Waals surface area contributed by atoms with Crippen LogP contribution in [0.15, 0.2) is 115 Å². The van der Waals surface area contributed by atoms with Gasteiger partial charge in [-0.15, -0.1) is 0 Å². The number of pyridine rings is 1. The molecule has 1 saturated carbocycles. The number of allylic oxidation sites excluding steroid dienone is 6. The number of nitrogens with two attached hydrogens (primary N) is 3. The number of fused-ring (bicyclic) bond motifs is 6. The highest BCUT2D eigenvalue weighted by molar-refractivity contribution is 6.39. The van der Waals surface area contributed by atoms with Crippen molar-refractivity contribution in [2.24, 2.45) is 35.3 Å². The molecule has 15 atom stereocenters. The highest BCUT2D eigenvalue weighted by Gasteiger charge is 2.53. The van der Waals surface area contributed by atoms with Gasteiger partial charge >= 0.3 is 12.1 Å². The summed E-state index contributed by atoms with van der Waals surface area (Å²) in [4.78, 5) is 153. The molecular weight excluding hydrogens is 1750 g/mol. The molecule has 2 bridgehead atoms. The van der Waals surface area contributed by atoms with Gasteiger partial charge in [0.15, 0.2) is 11.4 Å². The fraction of sp³-hybridized carbons (Fsp3) is 0.567. The summed E-state index contributed by atoms with van der Waals surface area (Å²) in [6, 6.07) is 8.01. The molecule has 5 aliphatic heterocycles. The van der Waals surface area contributed by atoms with E-state index in [1.165, 1.54) is 38.2 Å². The molecule has 11 heterocycles. The van der Waals surface area contributed by atoms with Gasteiger partial charge in [-0.1, -0.05) is 82.4 Å². The highest BCUT2D eigenvalue weighted by Crippen LogP contribution is 2.39. The second-order valence-corrected chi connectivity index (χ2v) is 36.4. The molecule has 6 aliphatic rings. The monoisotopic (exact) mass is 1880 g/mol. The third kappa shape index (κ3) is 26.4. The van der Waals surface area contributed by atoms with Gasteiger partial charge in [-0.05, 0) is 136 Å². The third-order valence-corrected chi connectivity index (χ3v) is 26.6. The van der Waals surface area contributed by atoms with Crippen LogP contribution < -0.4 is 37.6 Å². The number of aliphatic hydroxyl groups is 3. The molecule has 6 aromatic heterocycles. The molecule has 4 fully saturated rings. The molecule has 1 aliphatic carbocycles. The minimum absolute atomic E-state index is 0.0134. The Morgan fingerprint density at radius 2 is 1.43 bits per heavy atom. The lowest BCUT2D eigenvalue weighted by Gasteiger charge is -2.42. The van der Waals surface area contributed by atoms with Crippen molar-refractivity contribution in [3.8, 4) is 11.3 Å². The van der Waals surface area contributed by atoms with Gasteiger partial charge in [0.2, 0.25) is 23.6 Å². The number of aliphatic hydroxyl groups excluding tert-OH is 2. The minimum atomic E-state index is -2.52. The van der Waals surface area contributed by atoms with E-state index in [1.807, 2.05) is 81.9 Å². The number of nitrogen functional groups attached to an aromatic ring is 2. The average molecular weight is 1880 g/mol. The van der Waals surface area contributed by atoms with Crippen LogP contribution >= 0.6 is 0 Å². The second-order valence-electron chi connectivity index (χ2n) is 36.4. The number of hydrogen-bond acceptors (Lipinski definition) is 33. The number of carbonyl (C=O) groups excluding carboxylic acids is 8. The number of Topliss-reactive ketones (excluding diaryl/α,β-unsaturated/α-hetero) is 3. The van der Waals surface area contributed by atoms with Crippen molar-refractivity contribution in [1.29, 1.82) is 0 Å². The molecule has 1 aromatic carbocycles. The number of rotatable bonds is 29. The zero-order valence-electron chi connectivity index (χ0n) is 78.9. The van der Waals surface area contributed by atoms with Crippen LogP contribution in [0.4, 0.5) is 28.3 Å². The second kappa shape index (κ2) is 48.5. The topological polar surface area (TPSA) is 519 Å². The molecule has 13 rings (SSSR count). The number of alkyl carbamates (subject to hydrolysis) is 1. The summed E-state index contributed by atoms with van der Waals surface area (Å²) in [5, 5.41) is 46.9. The molecule has 12 N–H and O–H groups in total. The summed E-state index contributed by atoms with van der Waals surface area (Å²) in [6.45, 7) is 16.6. The number of anilines is 4. The molecule has 39 nitrogen and oxygen atoms in total. The number of ether oxygens (including phenoxy) is 9. The Bertz CT molecular complexity index is 5410. The van der Waals surface area contributed by atoms with E-state index in [9.17, 15) is 53.7 Å². The number of amides is 4. The summed E-state index contributed by atoms with van der Waals surface area (Å²) in [5.41, 5.74) is 27.7. The summed E-state index contributed by atoms with van der Waals surface area (Å²) < 4.78 is 54.7. The standard InChI is InChI=1S/C97H131N19O20/c1-58-14-10-9-11-15-59(2)77(128-7)48-71-21-17-63(6)97(127,136-71)86(122)92(124)115-28-13-12-16-74(115)93(125)134-78(49-75(117)60(3)43-62(5)84(120)85(121)83(119)61(4)42-58)73(98)45-64-19-22-76(79(46-64)129-8)135-96(126)107-52-66-50-104-94(105-51-66)112-30-32-113(33-31-112)95-106-54-72(87(99)110-95)91(123)102-27-35-131-37-39-133-41-40-132-38-36-130-34-25-80(118)114-29-24-67-44-65(18-20-69(67)56-114)55-116-90-81(88(100)108-57-109-90)82(111-116)70-47-68-23-26-101-89(68)103-53-70/h9-11,14-15,18,20,23,26,43-44,47,50-51,53-54,57-58,60-61,63-64,71,73-74,76-79,84-85,120-121,127H,12-13,16-17,19,21-22,24-25,27-42,45-46,48-49,52,55-56,98H2,1-8H3,(H,101,103)(H,102,123)(H,107,126)(H2,99,106,110)(H2,100,108,109)/b11-9?,14-10+,59-15?,62-43+/t58-,60-,61-,63-,64+,71+,73-,74+,76-,77+,78+,79-,84-,85+,97-/m1/s1. The van der Waals surface area contributed by atoms with Gasteiger partial charge < -0.3 is 110 Å². The Morgan fingerprint density at radius 1 is 0.706 bits per heavy atom. The van der Waals surface area contributed by atoms with Crippen molar-refractivity contribution in [2.75, 3.05) is 134 Å². The fourth-order valence-corrected chi connectivity index (χ4v) is 18.5. The van der Waals surface area contributed by atoms with Crippen LogP contribution in [0.3, 0.4) is 0 Å². The highest BCUT2D eigenvalue weighted by atomic mass is 16.6. The molecular formula is C97H131N19O20. The van der Waals surface area contributed by atoms with Crippen LogP contribution in [0, 0.1) is 29.6 Å². The zero-order valence-corrected chi connectivity index (χ0v) is 78.9. The molecule has 3 saturated heterocycles. The Balaban J connectivity index is 0.495. The number of aromatic amines is 1. The van der Waals surface area contributed by atoms with Gasteiger partial charge in [-0.3, -0.25) is 28.8 Å². The number of H-pyrrole nitrogens is 1. The van der Waals surface area contributed by atoms with Crippen molar-refractivity contribution in [3.63, 3.8) is 0 Å². The van der Waals surface area contributed by atoms with Crippen LogP contribution in [0.25, 0.3) is 33.3 Å². The van der Waals surface area contributed by atoms with Crippen molar-refractivity contribution in [1.82, 2.24) is 70.1 Å². The van der Waals surface area contributed by atoms with Crippen LogP contribution in [0.1, 0.15) is 158 Å². The van der Waals surface area contributed by atoms with Gasteiger partial charge in [0.1, 0.15) is 65.5 Å². The van der Waals surface area contributed by atoms with E-state index in [2.05, 4.69) is 68.7 Å². The van der Waals surface area contributed by atoms with Gasteiger partial charge in [0.25, 0.3) is 17.6 Å². The molecule has 0 spiro atoms. The number of piperazine rings is 1. The molecule has 4 amide bonds. The number of nitrogens with zero attached hydrogens (tertiary/aromatic N) is 13. The quantitative estimate of drug-likeness (QED) is 0.0102. The van der Waals surface area contributed by atoms with E-state index in [4.69, 9.17) is 64.9 Å². The lowest BCUT2D eigenvalue weighted by atomic mass is 9.80. The van der Waals surface area contributed by atoms with E-state index in [0.717, 1.165) is 44.6 Å². The first-order valence-electron chi connectivity index (χ1n) is 47.2. The maximum atomic E-state index is 14.7. The van der Waals surface area contributed by atoms with Gasteiger partial charge in [-0.2, -0.15) is 10.1 Å². The summed E-state index contributed by atoms with van der Waals surface area (Å²) in [7, 11) is 3.05. The number of carbonyl (C=O) groups is 8. The van der Waals surface area contributed by atoms with E-state index in [0.29, 0.717) is 177 Å². The van der Waals surface area contributed by atoms with E-state index >= 15 is 0 Å². The predicted octanol–water partition coefficient (Wildman–Crippen LogP) is 6.73. The van der Waals surface area contributed by atoms with Gasteiger partial charge in [0.05, 0.1) is 95.1 Å². The maximum Gasteiger partial charge on any atom is 0.407 e. The smallest absolute Gasteiger partial charge is 0.407 e. The largest absolute Gasteiger partial charge is 0.459 e. The zero-order chi connectivity index (χ0) is 96.7. The molecule has 39 heteroatoms. The summed E-state index contributed by atoms with van der Waals surface area (Å²) >= 11 is 0. The van der Waals surface area contributed by atoms with Crippen molar-refractivity contribution in [2.45, 2.75) is 212 Å².